The molecular weight excluding hydrogens is 346 g/mol. The van der Waals surface area contributed by atoms with Gasteiger partial charge in [0, 0.05) is 0 Å². The Morgan fingerprint density at radius 3 is 2.33 bits per heavy atom. The van der Waals surface area contributed by atoms with Crippen LogP contribution in [0.15, 0.2) is 27.4 Å². The fourth-order valence-electron chi connectivity index (χ4n) is 2.66. The number of nitrogens with one attached hydrogen (secondary N) is 1. The first kappa shape index (κ1) is 16.5. The van der Waals surface area contributed by atoms with E-state index in [0.29, 0.717) is 0 Å². The van der Waals surface area contributed by atoms with Gasteiger partial charge in [-0.25, -0.2) is 0 Å². The first-order valence-electron chi connectivity index (χ1n) is 7.19. The molecule has 0 fully saturated rings. The number of hydrogen-bond acceptors (Lipinski definition) is 3. The lowest BCUT2D eigenvalue weighted by Crippen LogP contribution is -2.23. The van der Waals surface area contributed by atoms with Gasteiger partial charge in [0.05, 0.1) is 16.9 Å². The number of halogens is 1. The van der Waals surface area contributed by atoms with Crippen LogP contribution in [0.2, 0.25) is 0 Å². The zero-order valence-electron chi connectivity index (χ0n) is 13.0. The van der Waals surface area contributed by atoms with Crippen molar-refractivity contribution in [3.63, 3.8) is 0 Å². The quantitative estimate of drug-likeness (QED) is 0.754. The molecule has 0 saturated carbocycles. The van der Waals surface area contributed by atoms with Crippen LogP contribution < -0.4 is 10.1 Å². The second-order valence-corrected chi connectivity index (χ2v) is 7.55. The molecule has 2 rings (SSSR count). The molecule has 0 spiro atoms. The van der Waals surface area contributed by atoms with Gasteiger partial charge in [0.1, 0.15) is 5.75 Å². The highest BCUT2D eigenvalue weighted by molar-refractivity contribution is 9.11. The van der Waals surface area contributed by atoms with Crippen molar-refractivity contribution in [2.75, 3.05) is 13.7 Å². The number of methoxy groups -OCH3 is 1. The van der Waals surface area contributed by atoms with Crippen LogP contribution in [-0.4, -0.2) is 13.7 Å². The first-order valence-corrected chi connectivity index (χ1v) is 8.86. The minimum absolute atomic E-state index is 0.232. The van der Waals surface area contributed by atoms with Gasteiger partial charge in [-0.15, -0.1) is 11.3 Å². The lowest BCUT2D eigenvalue weighted by molar-refractivity contribution is 0.408. The molecule has 21 heavy (non-hydrogen) atoms. The summed E-state index contributed by atoms with van der Waals surface area (Å²) in [5.41, 5.74) is 4.98. The van der Waals surface area contributed by atoms with Gasteiger partial charge in [0.15, 0.2) is 0 Å². The Labute approximate surface area is 139 Å². The Morgan fingerprint density at radius 1 is 1.19 bits per heavy atom. The van der Waals surface area contributed by atoms with E-state index in [2.05, 4.69) is 65.6 Å². The molecule has 1 aromatic carbocycles. The van der Waals surface area contributed by atoms with E-state index < -0.39 is 0 Å². The van der Waals surface area contributed by atoms with Gasteiger partial charge in [0.2, 0.25) is 0 Å². The van der Waals surface area contributed by atoms with Crippen LogP contribution in [-0.2, 0) is 0 Å². The molecule has 1 heterocycles. The largest absolute Gasteiger partial charge is 0.496 e. The molecule has 2 aromatic rings. The molecule has 0 aliphatic rings. The summed E-state index contributed by atoms with van der Waals surface area (Å²) < 4.78 is 6.64. The highest BCUT2D eigenvalue weighted by Crippen LogP contribution is 2.33. The number of hydrogen-bond donors (Lipinski definition) is 1. The van der Waals surface area contributed by atoms with Gasteiger partial charge in [-0.05, 0) is 76.4 Å². The Morgan fingerprint density at radius 2 is 1.86 bits per heavy atom. The molecule has 4 heteroatoms. The molecule has 1 atom stereocenters. The second-order valence-electron chi connectivity index (χ2n) is 5.26. The summed E-state index contributed by atoms with van der Waals surface area (Å²) in [4.78, 5) is 0. The van der Waals surface area contributed by atoms with Crippen LogP contribution in [0.4, 0.5) is 0 Å². The molecule has 1 N–H and O–H groups in total. The van der Waals surface area contributed by atoms with Crippen molar-refractivity contribution in [2.45, 2.75) is 33.2 Å². The third-order valence-electron chi connectivity index (χ3n) is 3.54. The van der Waals surface area contributed by atoms with Crippen LogP contribution in [0.5, 0.6) is 5.75 Å². The number of rotatable bonds is 6. The smallest absolute Gasteiger partial charge is 0.124 e. The third-order valence-corrected chi connectivity index (χ3v) is 5.06. The Balaban J connectivity index is 2.41. The van der Waals surface area contributed by atoms with Crippen LogP contribution in [0.25, 0.3) is 0 Å². The highest BCUT2D eigenvalue weighted by atomic mass is 79.9. The van der Waals surface area contributed by atoms with Crippen molar-refractivity contribution >= 4 is 27.3 Å². The summed E-state index contributed by atoms with van der Waals surface area (Å²) >= 11 is 5.29. The van der Waals surface area contributed by atoms with E-state index in [0.717, 1.165) is 18.7 Å². The normalized spacial score (nSPS) is 12.4. The molecule has 1 unspecified atom stereocenters. The summed E-state index contributed by atoms with van der Waals surface area (Å²) in [5.74, 6) is 0.986. The maximum Gasteiger partial charge on any atom is 0.124 e. The topological polar surface area (TPSA) is 21.3 Å². The predicted molar refractivity (Wildman–Crippen MR) is 94.6 cm³/mol. The second kappa shape index (κ2) is 7.43. The molecule has 1 aromatic heterocycles. The predicted octanol–water partition coefficient (Wildman–Crippen LogP) is 5.23. The summed E-state index contributed by atoms with van der Waals surface area (Å²) in [5, 5.41) is 5.87. The van der Waals surface area contributed by atoms with Gasteiger partial charge >= 0.3 is 0 Å². The fourth-order valence-corrected chi connectivity index (χ4v) is 3.87. The van der Waals surface area contributed by atoms with E-state index >= 15 is 0 Å². The number of aryl methyl sites for hydroxylation is 2. The summed E-state index contributed by atoms with van der Waals surface area (Å²) in [6.07, 6.45) is 1.12. The standard InChI is InChI=1S/C17H22BrNOS/c1-5-6-19-16(14-9-15(18)21-10-14)13-7-11(2)17(20-4)12(3)8-13/h7-10,16,19H,5-6H2,1-4H3. The molecular formula is C17H22BrNOS. The average molecular weight is 368 g/mol. The van der Waals surface area contributed by atoms with Crippen LogP contribution >= 0.6 is 27.3 Å². The maximum atomic E-state index is 5.48. The van der Waals surface area contributed by atoms with Gasteiger partial charge in [0.25, 0.3) is 0 Å². The summed E-state index contributed by atoms with van der Waals surface area (Å²) in [6, 6.07) is 6.89. The van der Waals surface area contributed by atoms with Gasteiger partial charge in [-0.1, -0.05) is 19.1 Å². The minimum Gasteiger partial charge on any atom is -0.496 e. The van der Waals surface area contributed by atoms with Crippen LogP contribution in [0.3, 0.4) is 0 Å². The monoisotopic (exact) mass is 367 g/mol. The number of benzene rings is 1. The number of thiophene rings is 1. The molecule has 2 nitrogen and oxygen atoms in total. The van der Waals surface area contributed by atoms with Crippen molar-refractivity contribution in [3.8, 4) is 5.75 Å². The SMILES string of the molecule is CCCNC(c1csc(Br)c1)c1cc(C)c(OC)c(C)c1. The molecule has 0 aliphatic carbocycles. The molecule has 0 radical (unpaired) electrons. The Kier molecular flexibility index (Phi) is 5.85. The minimum atomic E-state index is 0.232. The van der Waals surface area contributed by atoms with Crippen molar-refractivity contribution in [2.24, 2.45) is 0 Å². The van der Waals surface area contributed by atoms with E-state index in [1.807, 2.05) is 0 Å². The lowest BCUT2D eigenvalue weighted by atomic mass is 9.96. The zero-order chi connectivity index (χ0) is 15.4. The van der Waals surface area contributed by atoms with Crippen LogP contribution in [0.1, 0.15) is 41.6 Å². The highest BCUT2D eigenvalue weighted by Gasteiger charge is 2.17. The number of ether oxygens (including phenoxy) is 1. The molecule has 0 saturated heterocycles. The van der Waals surface area contributed by atoms with E-state index in [9.17, 15) is 0 Å². The summed E-state index contributed by atoms with van der Waals surface area (Å²) in [6.45, 7) is 7.41. The maximum absolute atomic E-state index is 5.48. The fraction of sp³-hybridized carbons (Fsp3) is 0.412. The van der Waals surface area contributed by atoms with Crippen molar-refractivity contribution in [1.29, 1.82) is 0 Å². The molecule has 0 amide bonds. The van der Waals surface area contributed by atoms with Gasteiger partial charge < -0.3 is 10.1 Å². The lowest BCUT2D eigenvalue weighted by Gasteiger charge is -2.20. The van der Waals surface area contributed by atoms with Gasteiger partial charge in [-0.2, -0.15) is 0 Å². The molecule has 0 aliphatic heterocycles. The third kappa shape index (κ3) is 3.87. The van der Waals surface area contributed by atoms with Crippen molar-refractivity contribution in [3.05, 3.63) is 49.6 Å². The average Bonchev–Trinajstić information content (AvgIpc) is 2.85. The zero-order valence-corrected chi connectivity index (χ0v) is 15.4. The first-order chi connectivity index (χ1) is 10.1. The molecule has 0 bridgehead atoms. The Bertz CT molecular complexity index is 586. The van der Waals surface area contributed by atoms with Crippen LogP contribution in [0, 0.1) is 13.8 Å². The van der Waals surface area contributed by atoms with E-state index in [-0.39, 0.29) is 6.04 Å². The molecule has 114 valence electrons. The van der Waals surface area contributed by atoms with Crippen molar-refractivity contribution < 1.29 is 4.74 Å². The van der Waals surface area contributed by atoms with Crippen molar-refractivity contribution in [1.82, 2.24) is 5.32 Å². The van der Waals surface area contributed by atoms with Gasteiger partial charge in [-0.3, -0.25) is 0 Å². The Hall–Kier alpha value is -0.840. The summed E-state index contributed by atoms with van der Waals surface area (Å²) in [7, 11) is 1.73. The van der Waals surface area contributed by atoms with E-state index in [1.54, 1.807) is 18.4 Å². The van der Waals surface area contributed by atoms with E-state index in [1.165, 1.54) is 26.0 Å². The van der Waals surface area contributed by atoms with E-state index in [4.69, 9.17) is 4.74 Å².